The smallest absolute Gasteiger partial charge is 0.330 e. The lowest BCUT2D eigenvalue weighted by Crippen LogP contribution is -2.31. The number of unbranched alkanes of at least 4 members (excludes halogenated alkanes) is 1. The normalized spacial score (nSPS) is 11.4. The van der Waals surface area contributed by atoms with Crippen molar-refractivity contribution in [1.82, 2.24) is 19.1 Å². The van der Waals surface area contributed by atoms with Gasteiger partial charge in [0.25, 0.3) is 5.56 Å². The molecule has 27 heavy (non-hydrogen) atoms. The quantitative estimate of drug-likeness (QED) is 0.693. The predicted molar refractivity (Wildman–Crippen MR) is 106 cm³/mol. The number of aryl methyl sites for hydroxylation is 1. The number of hydrogen-bond acceptors (Lipinski definition) is 4. The monoisotopic (exact) mass is 370 g/mol. The fourth-order valence-corrected chi connectivity index (χ4v) is 3.22. The topological polar surface area (TPSA) is 81.9 Å². The molecule has 2 heterocycles. The molecule has 0 aliphatic carbocycles. The molecule has 0 fully saturated rings. The molecular formula is C20H26N4O3. The maximum absolute atomic E-state index is 12.6. The minimum absolute atomic E-state index is 0.308. The van der Waals surface area contributed by atoms with Crippen LogP contribution in [0.1, 0.15) is 33.6 Å². The average molecular weight is 370 g/mol. The van der Waals surface area contributed by atoms with Crippen LogP contribution in [-0.2, 0) is 13.1 Å². The van der Waals surface area contributed by atoms with Crippen molar-refractivity contribution < 1.29 is 4.74 Å². The Labute approximate surface area is 157 Å². The van der Waals surface area contributed by atoms with Crippen LogP contribution in [0.5, 0.6) is 5.75 Å². The first-order chi connectivity index (χ1) is 13.0. The first kappa shape index (κ1) is 18.9. The third kappa shape index (κ3) is 3.67. The zero-order chi connectivity index (χ0) is 19.6. The van der Waals surface area contributed by atoms with E-state index in [2.05, 4.69) is 25.8 Å². The zero-order valence-electron chi connectivity index (χ0n) is 16.3. The Kier molecular flexibility index (Phi) is 5.48. The van der Waals surface area contributed by atoms with E-state index < -0.39 is 11.2 Å². The summed E-state index contributed by atoms with van der Waals surface area (Å²) in [5.74, 6) is 1.69. The Hall–Kier alpha value is -2.83. The number of benzene rings is 1. The molecule has 0 saturated carbocycles. The number of rotatable bonds is 7. The summed E-state index contributed by atoms with van der Waals surface area (Å²) in [5.41, 5.74) is 0.922. The lowest BCUT2D eigenvalue weighted by atomic mass is 10.2. The minimum Gasteiger partial charge on any atom is -0.497 e. The van der Waals surface area contributed by atoms with Crippen LogP contribution in [0.4, 0.5) is 0 Å². The van der Waals surface area contributed by atoms with E-state index in [1.54, 1.807) is 11.7 Å². The molecule has 0 atom stereocenters. The van der Waals surface area contributed by atoms with Gasteiger partial charge in [0.2, 0.25) is 0 Å². The molecule has 3 aromatic rings. The lowest BCUT2D eigenvalue weighted by Gasteiger charge is -2.12. The van der Waals surface area contributed by atoms with E-state index in [0.717, 1.165) is 18.4 Å². The molecule has 7 nitrogen and oxygen atoms in total. The Morgan fingerprint density at radius 2 is 2.00 bits per heavy atom. The molecular weight excluding hydrogens is 344 g/mol. The molecule has 144 valence electrons. The number of methoxy groups -OCH3 is 1. The van der Waals surface area contributed by atoms with Crippen molar-refractivity contribution in [2.24, 2.45) is 5.92 Å². The summed E-state index contributed by atoms with van der Waals surface area (Å²) in [4.78, 5) is 32.2. The van der Waals surface area contributed by atoms with Crippen molar-refractivity contribution in [3.05, 3.63) is 45.1 Å². The van der Waals surface area contributed by atoms with Crippen LogP contribution in [-0.4, -0.2) is 26.2 Å². The zero-order valence-corrected chi connectivity index (χ0v) is 16.3. The van der Waals surface area contributed by atoms with Gasteiger partial charge in [-0.05, 0) is 24.5 Å². The van der Waals surface area contributed by atoms with Gasteiger partial charge in [-0.1, -0.05) is 39.3 Å². The predicted octanol–water partition coefficient (Wildman–Crippen LogP) is 3.02. The summed E-state index contributed by atoms with van der Waals surface area (Å²) < 4.78 is 8.81. The van der Waals surface area contributed by atoms with E-state index in [9.17, 15) is 9.59 Å². The number of imidazole rings is 1. The number of nitrogens with one attached hydrogen (secondary N) is 1. The fraction of sp³-hybridized carbons (Fsp3) is 0.450. The van der Waals surface area contributed by atoms with Gasteiger partial charge >= 0.3 is 5.69 Å². The van der Waals surface area contributed by atoms with Gasteiger partial charge in [0.1, 0.15) is 11.6 Å². The van der Waals surface area contributed by atoms with Crippen LogP contribution in [0.15, 0.2) is 33.9 Å². The van der Waals surface area contributed by atoms with Crippen LogP contribution in [0, 0.1) is 5.92 Å². The SMILES string of the molecule is CCCCn1c(=O)[nH]c(=O)c2c1nc(-c1cccc(OC)c1)n2CC(C)C. The first-order valence-electron chi connectivity index (χ1n) is 9.34. The highest BCUT2D eigenvalue weighted by molar-refractivity contribution is 5.77. The second kappa shape index (κ2) is 7.82. The number of H-pyrrole nitrogens is 1. The molecule has 0 aliphatic heterocycles. The summed E-state index contributed by atoms with van der Waals surface area (Å²) in [7, 11) is 1.61. The highest BCUT2D eigenvalue weighted by Gasteiger charge is 2.20. The summed E-state index contributed by atoms with van der Waals surface area (Å²) in [6.45, 7) is 7.38. The second-order valence-corrected chi connectivity index (χ2v) is 7.11. The van der Waals surface area contributed by atoms with Crippen molar-refractivity contribution in [2.75, 3.05) is 7.11 Å². The standard InChI is InChI=1S/C20H26N4O3/c1-5-6-10-23-18-16(19(25)22-20(23)26)24(12-13(2)3)17(21-18)14-8-7-9-15(11-14)27-4/h7-9,11,13H,5-6,10,12H2,1-4H3,(H,22,25,26). The van der Waals surface area contributed by atoms with Crippen molar-refractivity contribution in [3.63, 3.8) is 0 Å². The van der Waals surface area contributed by atoms with E-state index in [-0.39, 0.29) is 0 Å². The third-order valence-electron chi connectivity index (χ3n) is 4.50. The maximum Gasteiger partial charge on any atom is 0.330 e. The number of ether oxygens (including phenoxy) is 1. The Morgan fingerprint density at radius 3 is 2.67 bits per heavy atom. The van der Waals surface area contributed by atoms with E-state index in [0.29, 0.717) is 41.7 Å². The summed E-state index contributed by atoms with van der Waals surface area (Å²) in [5, 5.41) is 0. The third-order valence-corrected chi connectivity index (χ3v) is 4.50. The van der Waals surface area contributed by atoms with Gasteiger partial charge < -0.3 is 9.30 Å². The molecule has 0 unspecified atom stereocenters. The number of nitrogens with zero attached hydrogens (tertiary/aromatic N) is 3. The van der Waals surface area contributed by atoms with Crippen molar-refractivity contribution in [3.8, 4) is 17.1 Å². The van der Waals surface area contributed by atoms with Crippen LogP contribution < -0.4 is 16.0 Å². The molecule has 0 saturated heterocycles. The van der Waals surface area contributed by atoms with Gasteiger partial charge in [0.15, 0.2) is 11.2 Å². The molecule has 0 radical (unpaired) electrons. The molecule has 2 aromatic heterocycles. The van der Waals surface area contributed by atoms with E-state index >= 15 is 0 Å². The Morgan fingerprint density at radius 1 is 1.22 bits per heavy atom. The summed E-state index contributed by atoms with van der Waals surface area (Å²) in [6, 6.07) is 7.58. The van der Waals surface area contributed by atoms with Gasteiger partial charge in [-0.2, -0.15) is 0 Å². The van der Waals surface area contributed by atoms with E-state index in [1.807, 2.05) is 28.8 Å². The summed E-state index contributed by atoms with van der Waals surface area (Å²) >= 11 is 0. The minimum atomic E-state index is -0.410. The lowest BCUT2D eigenvalue weighted by molar-refractivity contribution is 0.415. The van der Waals surface area contributed by atoms with Gasteiger partial charge in [0, 0.05) is 18.7 Å². The second-order valence-electron chi connectivity index (χ2n) is 7.11. The van der Waals surface area contributed by atoms with Crippen LogP contribution in [0.3, 0.4) is 0 Å². The first-order valence-corrected chi connectivity index (χ1v) is 9.34. The molecule has 1 aromatic carbocycles. The number of fused-ring (bicyclic) bond motifs is 1. The highest BCUT2D eigenvalue weighted by Crippen LogP contribution is 2.26. The number of hydrogen-bond donors (Lipinski definition) is 1. The molecule has 1 N–H and O–H groups in total. The van der Waals surface area contributed by atoms with Crippen molar-refractivity contribution in [2.45, 2.75) is 46.7 Å². The van der Waals surface area contributed by atoms with Crippen molar-refractivity contribution >= 4 is 11.2 Å². The molecule has 0 bridgehead atoms. The molecule has 7 heteroatoms. The van der Waals surface area contributed by atoms with E-state index in [4.69, 9.17) is 9.72 Å². The number of aromatic amines is 1. The molecule has 0 aliphatic rings. The Bertz CT molecular complexity index is 1060. The Balaban J connectivity index is 2.33. The average Bonchev–Trinajstić information content (AvgIpc) is 3.00. The van der Waals surface area contributed by atoms with Gasteiger partial charge in [-0.15, -0.1) is 0 Å². The molecule has 0 amide bonds. The largest absolute Gasteiger partial charge is 0.497 e. The maximum atomic E-state index is 12.6. The molecule has 3 rings (SSSR count). The van der Waals surface area contributed by atoms with Crippen LogP contribution in [0.2, 0.25) is 0 Å². The summed E-state index contributed by atoms with van der Waals surface area (Å²) in [6.07, 6.45) is 1.79. The van der Waals surface area contributed by atoms with Crippen LogP contribution in [0.25, 0.3) is 22.6 Å². The van der Waals surface area contributed by atoms with Gasteiger partial charge in [-0.25, -0.2) is 9.78 Å². The van der Waals surface area contributed by atoms with E-state index in [1.165, 1.54) is 0 Å². The molecule has 0 spiro atoms. The fourth-order valence-electron chi connectivity index (χ4n) is 3.22. The van der Waals surface area contributed by atoms with Crippen molar-refractivity contribution in [1.29, 1.82) is 0 Å². The highest BCUT2D eigenvalue weighted by atomic mass is 16.5. The van der Waals surface area contributed by atoms with Crippen LogP contribution >= 0.6 is 0 Å². The van der Waals surface area contributed by atoms with Gasteiger partial charge in [-0.3, -0.25) is 14.3 Å². The van der Waals surface area contributed by atoms with Gasteiger partial charge in [0.05, 0.1) is 7.11 Å². The number of aromatic nitrogens is 4.